The van der Waals surface area contributed by atoms with Gasteiger partial charge >= 0.3 is 0 Å². The Morgan fingerprint density at radius 1 is 1.04 bits per heavy atom. The molecule has 1 N–H and O–H groups in total. The lowest BCUT2D eigenvalue weighted by Crippen LogP contribution is -2.34. The van der Waals surface area contributed by atoms with Crippen LogP contribution in [0.3, 0.4) is 0 Å². The van der Waals surface area contributed by atoms with Gasteiger partial charge in [-0.2, -0.15) is 0 Å². The number of rotatable bonds is 8. The Balaban J connectivity index is 1.73. The van der Waals surface area contributed by atoms with Crippen molar-refractivity contribution in [1.82, 2.24) is 0 Å². The first kappa shape index (κ1) is 19.0. The smallest absolute Gasteiger partial charge is 0.133 e. The van der Waals surface area contributed by atoms with Gasteiger partial charge in [0.1, 0.15) is 17.1 Å². The second-order valence-electron chi connectivity index (χ2n) is 8.03. The van der Waals surface area contributed by atoms with E-state index >= 15 is 0 Å². The van der Waals surface area contributed by atoms with Crippen molar-refractivity contribution in [2.45, 2.75) is 77.4 Å². The molecule has 0 fully saturated rings. The van der Waals surface area contributed by atoms with Crippen LogP contribution in [0.5, 0.6) is 11.5 Å². The summed E-state index contributed by atoms with van der Waals surface area (Å²) in [7, 11) is 0. The molecule has 3 rings (SSSR count). The minimum atomic E-state index is -0.481. The van der Waals surface area contributed by atoms with E-state index < -0.39 is 6.10 Å². The predicted octanol–water partition coefficient (Wildman–Crippen LogP) is 6.17. The molecule has 1 heterocycles. The van der Waals surface area contributed by atoms with E-state index in [1.54, 1.807) is 0 Å². The minimum absolute atomic E-state index is 0.365. The molecule has 1 atom stereocenters. The van der Waals surface area contributed by atoms with Gasteiger partial charge in [-0.05, 0) is 26.3 Å². The molecule has 0 spiro atoms. The van der Waals surface area contributed by atoms with Gasteiger partial charge in [0.15, 0.2) is 0 Å². The molecule has 2 aromatic carbocycles. The first-order valence-electron chi connectivity index (χ1n) is 10.1. The summed E-state index contributed by atoms with van der Waals surface area (Å²) in [5.74, 6) is 1.71. The molecular formula is C23H32O3. The van der Waals surface area contributed by atoms with Crippen LogP contribution in [-0.4, -0.2) is 17.3 Å². The Morgan fingerprint density at radius 2 is 1.81 bits per heavy atom. The average molecular weight is 357 g/mol. The molecule has 3 heteroatoms. The monoisotopic (exact) mass is 356 g/mol. The molecule has 0 saturated carbocycles. The van der Waals surface area contributed by atoms with Crippen LogP contribution in [0.1, 0.15) is 77.4 Å². The van der Waals surface area contributed by atoms with E-state index in [4.69, 9.17) is 9.47 Å². The highest BCUT2D eigenvalue weighted by Crippen LogP contribution is 2.45. The van der Waals surface area contributed by atoms with Crippen molar-refractivity contribution < 1.29 is 14.6 Å². The summed E-state index contributed by atoms with van der Waals surface area (Å²) in [4.78, 5) is 0. The molecule has 0 amide bonds. The fourth-order valence-electron chi connectivity index (χ4n) is 3.78. The van der Waals surface area contributed by atoms with Crippen molar-refractivity contribution in [3.05, 3.63) is 35.9 Å². The maximum atomic E-state index is 10.5. The van der Waals surface area contributed by atoms with Crippen molar-refractivity contribution >= 4 is 10.8 Å². The molecule has 1 aliphatic heterocycles. The van der Waals surface area contributed by atoms with Crippen molar-refractivity contribution in [3.63, 3.8) is 0 Å². The normalized spacial score (nSPS) is 18.4. The highest BCUT2D eigenvalue weighted by atomic mass is 16.5. The zero-order valence-electron chi connectivity index (χ0n) is 16.4. The maximum Gasteiger partial charge on any atom is 0.133 e. The van der Waals surface area contributed by atoms with Gasteiger partial charge < -0.3 is 14.6 Å². The molecule has 26 heavy (non-hydrogen) atoms. The molecule has 3 nitrogen and oxygen atoms in total. The van der Waals surface area contributed by atoms with Crippen LogP contribution in [-0.2, 0) is 0 Å². The standard InChI is InChI=1S/C23H32O3/c1-4-5-6-7-8-9-15-25-21-12-10-11-18-17(21)13-14-19-20(24)16-23(2,3)26-22(18)19/h10-14,20,24H,4-9,15-16H2,1-3H3. The number of fused-ring (bicyclic) bond motifs is 3. The Kier molecular flexibility index (Phi) is 6.08. The summed E-state index contributed by atoms with van der Waals surface area (Å²) in [6.45, 7) is 7.04. The molecule has 0 aromatic heterocycles. The Labute approximate surface area is 157 Å². The average Bonchev–Trinajstić information content (AvgIpc) is 2.60. The van der Waals surface area contributed by atoms with E-state index in [0.29, 0.717) is 6.42 Å². The Morgan fingerprint density at radius 3 is 2.62 bits per heavy atom. The molecule has 2 aromatic rings. The predicted molar refractivity (Wildman–Crippen MR) is 107 cm³/mol. The van der Waals surface area contributed by atoms with E-state index in [2.05, 4.69) is 19.1 Å². The van der Waals surface area contributed by atoms with Crippen LogP contribution in [0.15, 0.2) is 30.3 Å². The summed E-state index contributed by atoms with van der Waals surface area (Å²) < 4.78 is 12.3. The van der Waals surface area contributed by atoms with Gasteiger partial charge in [-0.25, -0.2) is 0 Å². The fraction of sp³-hybridized carbons (Fsp3) is 0.565. The largest absolute Gasteiger partial charge is 0.493 e. The van der Waals surface area contributed by atoms with E-state index in [1.807, 2.05) is 32.0 Å². The SMILES string of the molecule is CCCCCCCCOc1cccc2c3c(ccc12)C(O)CC(C)(C)O3. The van der Waals surface area contributed by atoms with Crippen molar-refractivity contribution in [2.75, 3.05) is 6.61 Å². The third-order valence-corrected chi connectivity index (χ3v) is 5.18. The van der Waals surface area contributed by atoms with Gasteiger partial charge in [-0.1, -0.05) is 63.3 Å². The van der Waals surface area contributed by atoms with E-state index in [0.717, 1.165) is 40.9 Å². The number of unbranched alkanes of at least 4 members (excludes halogenated alkanes) is 5. The highest BCUT2D eigenvalue weighted by Gasteiger charge is 2.33. The molecule has 0 bridgehead atoms. The van der Waals surface area contributed by atoms with Gasteiger partial charge in [-0.3, -0.25) is 0 Å². The summed E-state index contributed by atoms with van der Waals surface area (Å²) in [6.07, 6.45) is 7.68. The van der Waals surface area contributed by atoms with Crippen LogP contribution < -0.4 is 9.47 Å². The van der Waals surface area contributed by atoms with Gasteiger partial charge in [0.2, 0.25) is 0 Å². The Bertz CT molecular complexity index is 736. The number of hydrogen-bond acceptors (Lipinski definition) is 3. The lowest BCUT2D eigenvalue weighted by Gasteiger charge is -2.36. The first-order valence-corrected chi connectivity index (χ1v) is 10.1. The minimum Gasteiger partial charge on any atom is -0.493 e. The summed E-state index contributed by atoms with van der Waals surface area (Å²) >= 11 is 0. The Hall–Kier alpha value is -1.74. The molecule has 0 radical (unpaired) electrons. The van der Waals surface area contributed by atoms with Gasteiger partial charge in [0, 0.05) is 22.8 Å². The van der Waals surface area contributed by atoms with Crippen molar-refractivity contribution in [3.8, 4) is 11.5 Å². The summed E-state index contributed by atoms with van der Waals surface area (Å²) in [6, 6.07) is 10.1. The lowest BCUT2D eigenvalue weighted by atomic mass is 9.90. The number of hydrogen-bond donors (Lipinski definition) is 1. The zero-order chi connectivity index (χ0) is 18.6. The molecule has 0 saturated heterocycles. The van der Waals surface area contributed by atoms with E-state index in [9.17, 15) is 5.11 Å². The second-order valence-corrected chi connectivity index (χ2v) is 8.03. The second kappa shape index (κ2) is 8.30. The van der Waals surface area contributed by atoms with Crippen LogP contribution in [0.25, 0.3) is 10.8 Å². The zero-order valence-corrected chi connectivity index (χ0v) is 16.4. The summed E-state index contributed by atoms with van der Waals surface area (Å²) in [5.41, 5.74) is 0.515. The lowest BCUT2D eigenvalue weighted by molar-refractivity contribution is 0.0130. The van der Waals surface area contributed by atoms with Gasteiger partial charge in [0.05, 0.1) is 12.7 Å². The number of benzene rings is 2. The van der Waals surface area contributed by atoms with E-state index in [-0.39, 0.29) is 5.60 Å². The fourth-order valence-corrected chi connectivity index (χ4v) is 3.78. The van der Waals surface area contributed by atoms with Crippen molar-refractivity contribution in [2.24, 2.45) is 0 Å². The van der Waals surface area contributed by atoms with Crippen LogP contribution in [0.2, 0.25) is 0 Å². The quantitative estimate of drug-likeness (QED) is 0.575. The number of ether oxygens (including phenoxy) is 2. The first-order chi connectivity index (χ1) is 12.5. The molecular weight excluding hydrogens is 324 g/mol. The third-order valence-electron chi connectivity index (χ3n) is 5.18. The number of aliphatic hydroxyl groups is 1. The number of aliphatic hydroxyl groups excluding tert-OH is 1. The van der Waals surface area contributed by atoms with Crippen LogP contribution in [0.4, 0.5) is 0 Å². The molecule has 0 aliphatic carbocycles. The maximum absolute atomic E-state index is 10.5. The van der Waals surface area contributed by atoms with Crippen LogP contribution in [0, 0.1) is 0 Å². The van der Waals surface area contributed by atoms with Gasteiger partial charge in [-0.15, -0.1) is 0 Å². The molecule has 142 valence electrons. The van der Waals surface area contributed by atoms with E-state index in [1.165, 1.54) is 32.1 Å². The molecule has 1 unspecified atom stereocenters. The van der Waals surface area contributed by atoms with Crippen LogP contribution >= 0.6 is 0 Å². The van der Waals surface area contributed by atoms with Gasteiger partial charge in [0.25, 0.3) is 0 Å². The topological polar surface area (TPSA) is 38.7 Å². The highest BCUT2D eigenvalue weighted by molar-refractivity contribution is 5.94. The molecule has 1 aliphatic rings. The third kappa shape index (κ3) is 4.32. The van der Waals surface area contributed by atoms with Crippen molar-refractivity contribution in [1.29, 1.82) is 0 Å². The summed E-state index contributed by atoms with van der Waals surface area (Å²) in [5, 5.41) is 12.6.